The van der Waals surface area contributed by atoms with Gasteiger partial charge in [0.25, 0.3) is 0 Å². The average molecular weight is 407 g/mol. The second-order valence-electron chi connectivity index (χ2n) is 6.17. The molecule has 2 N–H and O–H groups in total. The summed E-state index contributed by atoms with van der Waals surface area (Å²) in [6.45, 7) is 3.36. The number of carbonyl (C=O) groups is 1. The second kappa shape index (κ2) is 8.12. The Hall–Kier alpha value is -2.35. The molecule has 0 aliphatic rings. The third kappa shape index (κ3) is 5.32. The number of alkyl halides is 3. The van der Waals surface area contributed by atoms with E-state index >= 15 is 0 Å². The summed E-state index contributed by atoms with van der Waals surface area (Å²) < 4.78 is 65.1. The number of nitrogens with one attached hydrogen (secondary N) is 2. The lowest BCUT2D eigenvalue weighted by molar-refractivity contribution is -0.137. The van der Waals surface area contributed by atoms with Crippen LogP contribution >= 0.6 is 11.6 Å². The van der Waals surface area contributed by atoms with Gasteiger partial charge in [-0.05, 0) is 36.2 Å². The normalized spacial score (nSPS) is 12.8. The Bertz CT molecular complexity index is 839. The highest BCUT2D eigenvalue weighted by Crippen LogP contribution is 2.34. The summed E-state index contributed by atoms with van der Waals surface area (Å²) in [5.41, 5.74) is -1.16. The number of benzene rings is 2. The van der Waals surface area contributed by atoms with E-state index in [1.165, 1.54) is 0 Å². The molecule has 1 atom stereocenters. The first-order valence-corrected chi connectivity index (χ1v) is 8.26. The molecule has 0 heterocycles. The van der Waals surface area contributed by atoms with E-state index in [2.05, 4.69) is 10.6 Å². The zero-order valence-corrected chi connectivity index (χ0v) is 15.1. The maximum absolute atomic E-state index is 13.7. The van der Waals surface area contributed by atoms with Gasteiger partial charge in [-0.25, -0.2) is 8.78 Å². The van der Waals surface area contributed by atoms with Gasteiger partial charge in [-0.1, -0.05) is 25.4 Å². The molecule has 0 aliphatic carbocycles. The van der Waals surface area contributed by atoms with Crippen molar-refractivity contribution < 1.29 is 26.7 Å². The fraction of sp³-hybridized carbons (Fsp3) is 0.278. The highest BCUT2D eigenvalue weighted by atomic mass is 35.5. The lowest BCUT2D eigenvalue weighted by Gasteiger charge is -2.24. The zero-order chi connectivity index (χ0) is 20.4. The number of hydrogen-bond acceptors (Lipinski definition) is 2. The number of hydrogen-bond donors (Lipinski definition) is 2. The Balaban J connectivity index is 2.23. The van der Waals surface area contributed by atoms with Crippen LogP contribution in [0.25, 0.3) is 0 Å². The van der Waals surface area contributed by atoms with Crippen LogP contribution in [0.5, 0.6) is 0 Å². The van der Waals surface area contributed by atoms with Crippen molar-refractivity contribution in [2.75, 3.05) is 10.6 Å². The molecule has 3 nitrogen and oxygen atoms in total. The van der Waals surface area contributed by atoms with Crippen LogP contribution in [0.1, 0.15) is 19.4 Å². The molecule has 2 rings (SSSR count). The van der Waals surface area contributed by atoms with Gasteiger partial charge in [0.15, 0.2) is 0 Å². The van der Waals surface area contributed by atoms with Crippen molar-refractivity contribution in [3.63, 3.8) is 0 Å². The molecule has 0 aliphatic heterocycles. The van der Waals surface area contributed by atoms with E-state index < -0.39 is 35.3 Å². The molecule has 9 heteroatoms. The van der Waals surface area contributed by atoms with Crippen LogP contribution < -0.4 is 10.6 Å². The van der Waals surface area contributed by atoms with E-state index in [0.29, 0.717) is 0 Å². The summed E-state index contributed by atoms with van der Waals surface area (Å²) in [7, 11) is 0. The number of anilines is 2. The Labute approximate surface area is 157 Å². The van der Waals surface area contributed by atoms with Crippen LogP contribution in [-0.4, -0.2) is 11.9 Å². The molecule has 0 unspecified atom stereocenters. The molecule has 0 saturated carbocycles. The lowest BCUT2D eigenvalue weighted by atomic mass is 10.0. The maximum atomic E-state index is 13.7. The van der Waals surface area contributed by atoms with Crippen LogP contribution in [0.15, 0.2) is 36.4 Å². The van der Waals surface area contributed by atoms with Gasteiger partial charge >= 0.3 is 6.18 Å². The monoisotopic (exact) mass is 406 g/mol. The third-order valence-electron chi connectivity index (χ3n) is 3.74. The topological polar surface area (TPSA) is 41.1 Å². The lowest BCUT2D eigenvalue weighted by Crippen LogP contribution is -2.39. The maximum Gasteiger partial charge on any atom is 0.416 e. The van der Waals surface area contributed by atoms with E-state index in [9.17, 15) is 26.7 Å². The van der Waals surface area contributed by atoms with E-state index in [1.54, 1.807) is 13.8 Å². The van der Waals surface area contributed by atoms with Crippen molar-refractivity contribution in [1.82, 2.24) is 0 Å². The molecule has 1 amide bonds. The Morgan fingerprint density at radius 3 is 2.26 bits per heavy atom. The molecule has 0 spiro atoms. The fourth-order valence-corrected chi connectivity index (χ4v) is 2.55. The minimum atomic E-state index is -4.55. The first kappa shape index (κ1) is 21.0. The Morgan fingerprint density at radius 2 is 1.70 bits per heavy atom. The molecule has 2 aromatic rings. The molecule has 146 valence electrons. The van der Waals surface area contributed by atoms with Gasteiger partial charge in [0.05, 0.1) is 22.0 Å². The van der Waals surface area contributed by atoms with Crippen molar-refractivity contribution in [2.45, 2.75) is 26.1 Å². The van der Waals surface area contributed by atoms with Crippen LogP contribution in [0, 0.1) is 17.6 Å². The van der Waals surface area contributed by atoms with Crippen LogP contribution in [0.2, 0.25) is 5.02 Å². The predicted molar refractivity (Wildman–Crippen MR) is 93.7 cm³/mol. The summed E-state index contributed by atoms with van der Waals surface area (Å²) in [6.07, 6.45) is -4.55. The number of amides is 1. The highest BCUT2D eigenvalue weighted by molar-refractivity contribution is 6.33. The number of carbonyl (C=O) groups excluding carboxylic acids is 1. The van der Waals surface area contributed by atoms with Crippen molar-refractivity contribution in [3.05, 3.63) is 58.6 Å². The molecular weight excluding hydrogens is 391 g/mol. The van der Waals surface area contributed by atoms with E-state index in [4.69, 9.17) is 11.6 Å². The molecule has 0 bridgehead atoms. The van der Waals surface area contributed by atoms with Gasteiger partial charge in [-0.15, -0.1) is 0 Å². The zero-order valence-electron chi connectivity index (χ0n) is 14.3. The van der Waals surface area contributed by atoms with Gasteiger partial charge in [0.2, 0.25) is 5.91 Å². The molecule has 0 aromatic heterocycles. The SMILES string of the molecule is CC(C)[C@H](Nc1ccc(C(F)(F)F)cc1Cl)C(=O)Nc1cc(F)ccc1F. The average Bonchev–Trinajstić information content (AvgIpc) is 2.55. The largest absolute Gasteiger partial charge is 0.416 e. The first-order valence-electron chi connectivity index (χ1n) is 7.88. The smallest absolute Gasteiger partial charge is 0.372 e. The molecule has 27 heavy (non-hydrogen) atoms. The minimum absolute atomic E-state index is 0.109. The molecule has 0 fully saturated rings. The molecule has 2 aromatic carbocycles. The Kier molecular flexibility index (Phi) is 6.30. The fourth-order valence-electron chi connectivity index (χ4n) is 2.31. The quantitative estimate of drug-likeness (QED) is 0.624. The van der Waals surface area contributed by atoms with Gasteiger partial charge in [0, 0.05) is 6.07 Å². The Morgan fingerprint density at radius 1 is 1.04 bits per heavy atom. The standard InChI is InChI=1S/C18H16ClF5N2O/c1-9(2)16(17(27)26-15-8-11(20)4-5-13(15)21)25-14-6-3-10(7-12(14)19)18(22,23)24/h3-9,16,25H,1-2H3,(H,26,27)/t16-/m0/s1. The second-order valence-corrected chi connectivity index (χ2v) is 6.58. The molecular formula is C18H16ClF5N2O. The van der Waals surface area contributed by atoms with Crippen molar-refractivity contribution >= 4 is 28.9 Å². The summed E-state index contributed by atoms with van der Waals surface area (Å²) in [5, 5.41) is 4.80. The van der Waals surface area contributed by atoms with Crippen molar-refractivity contribution in [1.29, 1.82) is 0 Å². The summed E-state index contributed by atoms with van der Waals surface area (Å²) in [6, 6.07) is 4.33. The predicted octanol–water partition coefficient (Wildman–Crippen LogP) is 5.71. The van der Waals surface area contributed by atoms with E-state index in [1.807, 2.05) is 0 Å². The van der Waals surface area contributed by atoms with Crippen LogP contribution in [0.3, 0.4) is 0 Å². The van der Waals surface area contributed by atoms with Crippen LogP contribution in [0.4, 0.5) is 33.3 Å². The number of rotatable bonds is 5. The van der Waals surface area contributed by atoms with E-state index in [0.717, 1.165) is 36.4 Å². The summed E-state index contributed by atoms with van der Waals surface area (Å²) in [4.78, 5) is 12.5. The van der Waals surface area contributed by atoms with Crippen LogP contribution in [-0.2, 0) is 11.0 Å². The first-order chi connectivity index (χ1) is 12.5. The molecule has 0 radical (unpaired) electrons. The van der Waals surface area contributed by atoms with Gasteiger partial charge in [-0.2, -0.15) is 13.2 Å². The van der Waals surface area contributed by atoms with Gasteiger partial charge in [0.1, 0.15) is 17.7 Å². The minimum Gasteiger partial charge on any atom is -0.372 e. The highest BCUT2D eigenvalue weighted by Gasteiger charge is 2.31. The number of halogens is 6. The van der Waals surface area contributed by atoms with Gasteiger partial charge < -0.3 is 10.6 Å². The summed E-state index contributed by atoms with van der Waals surface area (Å²) >= 11 is 5.89. The van der Waals surface area contributed by atoms with E-state index in [-0.39, 0.29) is 22.3 Å². The summed E-state index contributed by atoms with van der Waals surface area (Å²) in [5.74, 6) is -2.57. The van der Waals surface area contributed by atoms with Crippen molar-refractivity contribution in [2.24, 2.45) is 5.92 Å². The van der Waals surface area contributed by atoms with Crippen molar-refractivity contribution in [3.8, 4) is 0 Å². The molecule has 0 saturated heterocycles. The van der Waals surface area contributed by atoms with Gasteiger partial charge in [-0.3, -0.25) is 4.79 Å². The third-order valence-corrected chi connectivity index (χ3v) is 4.06.